The number of carboxylic acid groups (broad SMARTS) is 1. The average molecular weight is 270 g/mol. The van der Waals surface area contributed by atoms with Crippen molar-refractivity contribution in [3.63, 3.8) is 0 Å². The first-order chi connectivity index (χ1) is 8.40. The molecule has 1 aromatic carbocycles. The number of ketones is 1. The highest BCUT2D eigenvalue weighted by atomic mass is 35.5. The molecule has 0 amide bonds. The van der Waals surface area contributed by atoms with Crippen LogP contribution in [0.3, 0.4) is 0 Å². The lowest BCUT2D eigenvalue weighted by Gasteiger charge is -1.97. The molecule has 0 saturated carbocycles. The molecule has 0 atom stereocenters. The molecule has 0 heterocycles. The first-order valence-corrected chi connectivity index (χ1v) is 5.14. The van der Waals surface area contributed by atoms with Crippen LogP contribution in [0.25, 0.3) is 6.08 Å². The molecule has 1 aromatic rings. The third-order valence-corrected chi connectivity index (χ3v) is 2.27. The fourth-order valence-corrected chi connectivity index (χ4v) is 1.36. The molecule has 0 aliphatic carbocycles. The molecule has 6 nitrogen and oxygen atoms in total. The minimum absolute atomic E-state index is 0.00554. The second kappa shape index (κ2) is 5.92. The van der Waals surface area contributed by atoms with Gasteiger partial charge in [0.25, 0.3) is 5.69 Å². The number of aliphatic carboxylic acids is 1. The Kier molecular flexibility index (Phi) is 4.56. The van der Waals surface area contributed by atoms with E-state index in [-0.39, 0.29) is 10.7 Å². The van der Waals surface area contributed by atoms with Crippen molar-refractivity contribution in [3.05, 3.63) is 45.0 Å². The summed E-state index contributed by atoms with van der Waals surface area (Å²) < 4.78 is 0. The number of hydrogen-bond acceptors (Lipinski definition) is 4. The third-order valence-electron chi connectivity index (χ3n) is 1.95. The Bertz CT molecular complexity index is 538. The van der Waals surface area contributed by atoms with Gasteiger partial charge in [-0.1, -0.05) is 23.7 Å². The molecule has 7 heteroatoms. The van der Waals surface area contributed by atoms with Crippen LogP contribution in [0.1, 0.15) is 12.0 Å². The van der Waals surface area contributed by atoms with Gasteiger partial charge in [0, 0.05) is 6.07 Å². The molecule has 0 unspecified atom stereocenters. The Morgan fingerprint density at radius 2 is 2.11 bits per heavy atom. The summed E-state index contributed by atoms with van der Waals surface area (Å²) in [7, 11) is 0. The Labute approximate surface area is 107 Å². The van der Waals surface area contributed by atoms with Crippen LogP contribution in [0, 0.1) is 10.1 Å². The molecule has 94 valence electrons. The lowest BCUT2D eigenvalue weighted by molar-refractivity contribution is -0.384. The number of halogens is 1. The zero-order valence-corrected chi connectivity index (χ0v) is 9.76. The van der Waals surface area contributed by atoms with Gasteiger partial charge in [-0.05, 0) is 17.7 Å². The zero-order chi connectivity index (χ0) is 13.7. The van der Waals surface area contributed by atoms with Crippen LogP contribution >= 0.6 is 11.6 Å². The fourth-order valence-electron chi connectivity index (χ4n) is 1.17. The van der Waals surface area contributed by atoms with E-state index >= 15 is 0 Å². The highest BCUT2D eigenvalue weighted by Gasteiger charge is 2.11. The summed E-state index contributed by atoms with van der Waals surface area (Å²) >= 11 is 5.61. The van der Waals surface area contributed by atoms with E-state index in [1.165, 1.54) is 24.3 Å². The number of nitro benzene ring substituents is 1. The van der Waals surface area contributed by atoms with Crippen LogP contribution < -0.4 is 0 Å². The topological polar surface area (TPSA) is 97.5 Å². The molecule has 1 N–H and O–H groups in total. The number of allylic oxidation sites excluding steroid dienone is 1. The van der Waals surface area contributed by atoms with Crippen molar-refractivity contribution in [3.8, 4) is 0 Å². The highest BCUT2D eigenvalue weighted by Crippen LogP contribution is 2.25. The normalized spacial score (nSPS) is 10.5. The third kappa shape index (κ3) is 3.99. The maximum atomic E-state index is 11.1. The molecule has 0 bridgehead atoms. The summed E-state index contributed by atoms with van der Waals surface area (Å²) in [5.41, 5.74) is 0.120. The van der Waals surface area contributed by atoms with E-state index in [9.17, 15) is 19.7 Å². The van der Waals surface area contributed by atoms with Gasteiger partial charge in [0.15, 0.2) is 5.78 Å². The molecule has 0 fully saturated rings. The minimum atomic E-state index is -1.23. The van der Waals surface area contributed by atoms with E-state index in [1.807, 2.05) is 0 Å². The maximum absolute atomic E-state index is 11.1. The number of nitro groups is 1. The van der Waals surface area contributed by atoms with Gasteiger partial charge < -0.3 is 5.11 Å². The van der Waals surface area contributed by atoms with Crippen molar-refractivity contribution in [2.45, 2.75) is 6.42 Å². The number of hydrogen-bond donors (Lipinski definition) is 1. The molecule has 0 aliphatic rings. The molecular formula is C11H8ClNO5. The van der Waals surface area contributed by atoms with Crippen molar-refractivity contribution in [2.24, 2.45) is 0 Å². The summed E-state index contributed by atoms with van der Waals surface area (Å²) in [5, 5.41) is 19.0. The number of carbonyl (C=O) groups excluding carboxylic acids is 1. The molecule has 0 spiro atoms. The Morgan fingerprint density at radius 1 is 1.44 bits per heavy atom. The van der Waals surface area contributed by atoms with Crippen LogP contribution in [0.4, 0.5) is 5.69 Å². The van der Waals surface area contributed by atoms with E-state index in [1.54, 1.807) is 0 Å². The molecule has 1 rings (SSSR count). The smallest absolute Gasteiger partial charge is 0.311 e. The van der Waals surface area contributed by atoms with Crippen LogP contribution in [0.2, 0.25) is 5.02 Å². The predicted molar refractivity (Wildman–Crippen MR) is 64.4 cm³/mol. The summed E-state index contributed by atoms with van der Waals surface area (Å²) in [6.45, 7) is 0. The van der Waals surface area contributed by atoms with Crippen LogP contribution in [-0.2, 0) is 9.59 Å². The highest BCUT2D eigenvalue weighted by molar-refractivity contribution is 6.32. The molecule has 0 radical (unpaired) electrons. The Hall–Kier alpha value is -2.21. The van der Waals surface area contributed by atoms with Crippen molar-refractivity contribution >= 4 is 35.1 Å². The first-order valence-electron chi connectivity index (χ1n) is 4.77. The van der Waals surface area contributed by atoms with Crippen molar-refractivity contribution in [1.82, 2.24) is 0 Å². The van der Waals surface area contributed by atoms with Gasteiger partial charge in [0.2, 0.25) is 0 Å². The van der Waals surface area contributed by atoms with Gasteiger partial charge in [0.05, 0.1) is 4.92 Å². The van der Waals surface area contributed by atoms with Gasteiger partial charge in [-0.25, -0.2) is 0 Å². The summed E-state index contributed by atoms with van der Waals surface area (Å²) in [4.78, 5) is 31.3. The SMILES string of the molecule is O=C(O)CC(=O)/C=C/c1ccc(Cl)c([N+](=O)[O-])c1. The van der Waals surface area contributed by atoms with Gasteiger partial charge in [-0.2, -0.15) is 0 Å². The maximum Gasteiger partial charge on any atom is 0.311 e. The molecule has 0 saturated heterocycles. The predicted octanol–water partition coefficient (Wildman–Crippen LogP) is 2.31. The number of rotatable bonds is 5. The molecular weight excluding hydrogens is 262 g/mol. The van der Waals surface area contributed by atoms with E-state index in [0.29, 0.717) is 5.56 Å². The number of nitrogens with zero attached hydrogens (tertiary/aromatic N) is 1. The second-order valence-corrected chi connectivity index (χ2v) is 3.75. The van der Waals surface area contributed by atoms with Crippen LogP contribution in [0.5, 0.6) is 0 Å². The molecule has 0 aromatic heterocycles. The Morgan fingerprint density at radius 3 is 2.67 bits per heavy atom. The summed E-state index contributed by atoms with van der Waals surface area (Å²) in [5.74, 6) is -1.83. The fraction of sp³-hybridized carbons (Fsp3) is 0.0909. The van der Waals surface area contributed by atoms with E-state index in [4.69, 9.17) is 16.7 Å². The largest absolute Gasteiger partial charge is 0.481 e. The van der Waals surface area contributed by atoms with Gasteiger partial charge in [0.1, 0.15) is 11.4 Å². The van der Waals surface area contributed by atoms with Crippen molar-refractivity contribution in [1.29, 1.82) is 0 Å². The van der Waals surface area contributed by atoms with Crippen molar-refractivity contribution < 1.29 is 19.6 Å². The molecule has 18 heavy (non-hydrogen) atoms. The van der Waals surface area contributed by atoms with E-state index < -0.39 is 23.1 Å². The Balaban J connectivity index is 2.89. The van der Waals surface area contributed by atoms with Gasteiger partial charge in [-0.15, -0.1) is 0 Å². The average Bonchev–Trinajstić information content (AvgIpc) is 2.26. The second-order valence-electron chi connectivity index (χ2n) is 3.34. The standard InChI is InChI=1S/C11H8ClNO5/c12-9-4-2-7(5-10(9)13(17)18)1-3-8(14)6-11(15)16/h1-5H,6H2,(H,15,16)/b3-1+. The number of benzene rings is 1. The minimum Gasteiger partial charge on any atom is -0.481 e. The van der Waals surface area contributed by atoms with Gasteiger partial charge >= 0.3 is 5.97 Å². The number of carboxylic acids is 1. The molecule has 0 aliphatic heterocycles. The van der Waals surface area contributed by atoms with E-state index in [0.717, 1.165) is 6.08 Å². The van der Waals surface area contributed by atoms with Crippen molar-refractivity contribution in [2.75, 3.05) is 0 Å². The monoisotopic (exact) mass is 269 g/mol. The van der Waals surface area contributed by atoms with E-state index in [2.05, 4.69) is 0 Å². The first kappa shape index (κ1) is 13.9. The lowest BCUT2D eigenvalue weighted by atomic mass is 10.1. The lowest BCUT2D eigenvalue weighted by Crippen LogP contribution is -2.02. The quantitative estimate of drug-likeness (QED) is 0.383. The number of carbonyl (C=O) groups is 2. The summed E-state index contributed by atoms with van der Waals surface area (Å²) in [6.07, 6.45) is 1.74. The van der Waals surface area contributed by atoms with Crippen LogP contribution in [-0.4, -0.2) is 21.8 Å². The van der Waals surface area contributed by atoms with Gasteiger partial charge in [-0.3, -0.25) is 19.7 Å². The zero-order valence-electron chi connectivity index (χ0n) is 9.00. The summed E-state index contributed by atoms with van der Waals surface area (Å²) in [6, 6.07) is 4.02. The van der Waals surface area contributed by atoms with Crippen LogP contribution in [0.15, 0.2) is 24.3 Å².